The summed E-state index contributed by atoms with van der Waals surface area (Å²) in [5.41, 5.74) is 0. The molecule has 0 radical (unpaired) electrons. The lowest BCUT2D eigenvalue weighted by atomic mass is 10.5. The minimum atomic E-state index is -0.777. The summed E-state index contributed by atoms with van der Waals surface area (Å²) in [4.78, 5) is 0. The van der Waals surface area contributed by atoms with Gasteiger partial charge in [-0.15, -0.1) is 0 Å². The molecule has 2 nitrogen and oxygen atoms in total. The maximum atomic E-state index is 10.6. The SMILES string of the molecule is CCCNS(=O)CC. The zero-order chi connectivity index (χ0) is 6.41. The quantitative estimate of drug-likeness (QED) is 0.603. The van der Waals surface area contributed by atoms with Gasteiger partial charge in [-0.05, 0) is 6.42 Å². The summed E-state index contributed by atoms with van der Waals surface area (Å²) >= 11 is 0. The molecule has 0 heterocycles. The van der Waals surface area contributed by atoms with Gasteiger partial charge >= 0.3 is 0 Å². The highest BCUT2D eigenvalue weighted by Crippen LogP contribution is 1.74. The summed E-state index contributed by atoms with van der Waals surface area (Å²) in [6, 6.07) is 0. The van der Waals surface area contributed by atoms with Gasteiger partial charge in [0.15, 0.2) is 0 Å². The molecular weight excluding hydrogens is 122 g/mol. The van der Waals surface area contributed by atoms with Gasteiger partial charge in [0.25, 0.3) is 0 Å². The van der Waals surface area contributed by atoms with Gasteiger partial charge in [-0.1, -0.05) is 13.8 Å². The number of nitrogens with one attached hydrogen (secondary N) is 1. The Hall–Kier alpha value is 0.110. The lowest BCUT2D eigenvalue weighted by Gasteiger charge is -1.96. The summed E-state index contributed by atoms with van der Waals surface area (Å²) in [5, 5.41) is 0. The predicted octanol–water partition coefficient (Wildman–Crippen LogP) is 0.670. The first-order valence-corrected chi connectivity index (χ1v) is 4.25. The first-order chi connectivity index (χ1) is 3.81. The fourth-order valence-electron chi connectivity index (χ4n) is 0.318. The predicted molar refractivity (Wildman–Crippen MR) is 37.0 cm³/mol. The van der Waals surface area contributed by atoms with Crippen molar-refractivity contribution in [3.05, 3.63) is 0 Å². The van der Waals surface area contributed by atoms with E-state index in [1.165, 1.54) is 0 Å². The Kier molecular flexibility index (Phi) is 5.32. The fraction of sp³-hybridized carbons (Fsp3) is 1.00. The van der Waals surface area contributed by atoms with E-state index in [-0.39, 0.29) is 0 Å². The molecular formula is C5H13NOS. The van der Waals surface area contributed by atoms with Crippen LogP contribution in [0, 0.1) is 0 Å². The summed E-state index contributed by atoms with van der Waals surface area (Å²) in [6.45, 7) is 4.82. The van der Waals surface area contributed by atoms with Crippen LogP contribution in [0.25, 0.3) is 0 Å². The van der Waals surface area contributed by atoms with Crippen LogP contribution in [0.15, 0.2) is 0 Å². The third-order valence-electron chi connectivity index (χ3n) is 0.775. The Morgan fingerprint density at radius 1 is 1.50 bits per heavy atom. The smallest absolute Gasteiger partial charge is 0.0912 e. The van der Waals surface area contributed by atoms with Gasteiger partial charge in [0.05, 0.1) is 11.0 Å². The van der Waals surface area contributed by atoms with Crippen molar-refractivity contribution in [2.45, 2.75) is 20.3 Å². The van der Waals surface area contributed by atoms with Crippen molar-refractivity contribution in [1.29, 1.82) is 0 Å². The molecule has 0 aromatic carbocycles. The first kappa shape index (κ1) is 8.11. The molecule has 0 aliphatic carbocycles. The van der Waals surface area contributed by atoms with E-state index in [2.05, 4.69) is 11.6 Å². The van der Waals surface area contributed by atoms with Crippen LogP contribution in [0.5, 0.6) is 0 Å². The topological polar surface area (TPSA) is 29.1 Å². The molecule has 0 saturated heterocycles. The molecule has 0 spiro atoms. The van der Waals surface area contributed by atoms with E-state index < -0.39 is 11.0 Å². The summed E-state index contributed by atoms with van der Waals surface area (Å²) in [7, 11) is -0.777. The van der Waals surface area contributed by atoms with Crippen LogP contribution in [0.2, 0.25) is 0 Å². The zero-order valence-corrected chi connectivity index (χ0v) is 6.25. The maximum absolute atomic E-state index is 10.6. The van der Waals surface area contributed by atoms with Crippen molar-refractivity contribution in [3.8, 4) is 0 Å². The van der Waals surface area contributed by atoms with E-state index in [4.69, 9.17) is 0 Å². The largest absolute Gasteiger partial charge is 0.243 e. The molecule has 1 N–H and O–H groups in total. The Morgan fingerprint density at radius 2 is 2.12 bits per heavy atom. The summed E-state index contributed by atoms with van der Waals surface area (Å²) in [6.07, 6.45) is 1.05. The van der Waals surface area contributed by atoms with Crippen molar-refractivity contribution >= 4 is 11.0 Å². The van der Waals surface area contributed by atoms with Crippen LogP contribution in [0.4, 0.5) is 0 Å². The highest BCUT2D eigenvalue weighted by Gasteiger charge is 1.88. The van der Waals surface area contributed by atoms with Crippen LogP contribution in [0.1, 0.15) is 20.3 Å². The van der Waals surface area contributed by atoms with Crippen LogP contribution in [-0.2, 0) is 11.0 Å². The van der Waals surface area contributed by atoms with Crippen LogP contribution < -0.4 is 4.72 Å². The Bertz CT molecular complexity index is 74.8. The monoisotopic (exact) mass is 135 g/mol. The molecule has 0 aromatic heterocycles. The van der Waals surface area contributed by atoms with Gasteiger partial charge in [-0.3, -0.25) is 0 Å². The van der Waals surface area contributed by atoms with Gasteiger partial charge in [-0.2, -0.15) is 0 Å². The molecule has 50 valence electrons. The van der Waals surface area contributed by atoms with Gasteiger partial charge < -0.3 is 0 Å². The standard InChI is InChI=1S/C5H13NOS/c1-3-5-6-8(7)4-2/h6H,3-5H2,1-2H3. The fourth-order valence-corrected chi connectivity index (χ4v) is 0.954. The van der Waals surface area contributed by atoms with Crippen LogP contribution >= 0.6 is 0 Å². The number of hydrogen-bond donors (Lipinski definition) is 1. The van der Waals surface area contributed by atoms with E-state index >= 15 is 0 Å². The van der Waals surface area contributed by atoms with Gasteiger partial charge in [0.1, 0.15) is 0 Å². The highest BCUT2D eigenvalue weighted by atomic mass is 32.2. The lowest BCUT2D eigenvalue weighted by Crippen LogP contribution is -2.18. The van der Waals surface area contributed by atoms with Crippen molar-refractivity contribution < 1.29 is 4.21 Å². The molecule has 3 heteroatoms. The van der Waals surface area contributed by atoms with Crippen molar-refractivity contribution in [1.82, 2.24) is 4.72 Å². The molecule has 0 aliphatic rings. The van der Waals surface area contributed by atoms with E-state index in [0.717, 1.165) is 13.0 Å². The van der Waals surface area contributed by atoms with E-state index in [1.807, 2.05) is 6.92 Å². The minimum absolute atomic E-state index is 0.708. The second kappa shape index (κ2) is 5.25. The number of hydrogen-bond acceptors (Lipinski definition) is 1. The molecule has 0 bridgehead atoms. The Balaban J connectivity index is 2.99. The average Bonchev–Trinajstić information content (AvgIpc) is 1.83. The molecule has 0 fully saturated rings. The summed E-state index contributed by atoms with van der Waals surface area (Å²) in [5.74, 6) is 0.708. The van der Waals surface area contributed by atoms with Gasteiger partial charge in [0, 0.05) is 12.3 Å². The molecule has 8 heavy (non-hydrogen) atoms. The van der Waals surface area contributed by atoms with E-state index in [9.17, 15) is 4.21 Å². The van der Waals surface area contributed by atoms with Crippen LogP contribution in [-0.4, -0.2) is 16.5 Å². The Labute approximate surface area is 53.3 Å². The number of rotatable bonds is 4. The van der Waals surface area contributed by atoms with Crippen molar-refractivity contribution in [2.24, 2.45) is 0 Å². The molecule has 1 atom stereocenters. The summed E-state index contributed by atoms with van der Waals surface area (Å²) < 4.78 is 13.4. The maximum Gasteiger partial charge on any atom is 0.0912 e. The van der Waals surface area contributed by atoms with Crippen molar-refractivity contribution in [2.75, 3.05) is 12.3 Å². The van der Waals surface area contributed by atoms with E-state index in [1.54, 1.807) is 0 Å². The molecule has 0 aliphatic heterocycles. The molecule has 0 aromatic rings. The first-order valence-electron chi connectivity index (χ1n) is 2.93. The van der Waals surface area contributed by atoms with Gasteiger partial charge in [0.2, 0.25) is 0 Å². The molecule has 0 rings (SSSR count). The van der Waals surface area contributed by atoms with E-state index in [0.29, 0.717) is 5.75 Å². The molecule has 0 amide bonds. The third-order valence-corrected chi connectivity index (χ3v) is 1.83. The third kappa shape index (κ3) is 4.27. The minimum Gasteiger partial charge on any atom is -0.243 e. The average molecular weight is 135 g/mol. The Morgan fingerprint density at radius 3 is 2.50 bits per heavy atom. The van der Waals surface area contributed by atoms with Gasteiger partial charge in [-0.25, -0.2) is 8.93 Å². The lowest BCUT2D eigenvalue weighted by molar-refractivity contribution is 0.671. The van der Waals surface area contributed by atoms with Crippen LogP contribution in [0.3, 0.4) is 0 Å². The molecule has 1 unspecified atom stereocenters. The zero-order valence-electron chi connectivity index (χ0n) is 5.44. The highest BCUT2D eigenvalue weighted by molar-refractivity contribution is 7.82. The second-order valence-corrected chi connectivity index (χ2v) is 3.09. The van der Waals surface area contributed by atoms with Crippen molar-refractivity contribution in [3.63, 3.8) is 0 Å². The normalized spacial score (nSPS) is 13.8. The second-order valence-electron chi connectivity index (χ2n) is 1.53. The molecule has 0 saturated carbocycles.